The average Bonchev–Trinajstić information content (AvgIpc) is 2.76. The van der Waals surface area contributed by atoms with E-state index in [1.807, 2.05) is 0 Å². The smallest absolute Gasteiger partial charge is 0.339 e. The SMILES string of the molecule is CCOc1cc(-c2nnc(C)o2)ccc1C(=O)O. The Balaban J connectivity index is 2.45. The Morgan fingerprint density at radius 3 is 2.78 bits per heavy atom. The van der Waals surface area contributed by atoms with E-state index in [0.717, 1.165) is 0 Å². The highest BCUT2D eigenvalue weighted by Crippen LogP contribution is 2.26. The van der Waals surface area contributed by atoms with Crippen LogP contribution in [0.25, 0.3) is 11.5 Å². The van der Waals surface area contributed by atoms with Gasteiger partial charge >= 0.3 is 5.97 Å². The fraction of sp³-hybridized carbons (Fsp3) is 0.250. The Morgan fingerprint density at radius 1 is 1.44 bits per heavy atom. The van der Waals surface area contributed by atoms with E-state index in [2.05, 4.69) is 10.2 Å². The molecule has 18 heavy (non-hydrogen) atoms. The molecule has 0 saturated carbocycles. The largest absolute Gasteiger partial charge is 0.493 e. The number of hydrogen-bond acceptors (Lipinski definition) is 5. The van der Waals surface area contributed by atoms with Crippen molar-refractivity contribution in [3.05, 3.63) is 29.7 Å². The van der Waals surface area contributed by atoms with E-state index in [1.54, 1.807) is 26.0 Å². The zero-order valence-corrected chi connectivity index (χ0v) is 10.0. The third kappa shape index (κ3) is 2.32. The molecule has 0 saturated heterocycles. The van der Waals surface area contributed by atoms with E-state index >= 15 is 0 Å². The molecule has 0 aliphatic heterocycles. The predicted molar refractivity (Wildman–Crippen MR) is 62.6 cm³/mol. The van der Waals surface area contributed by atoms with Gasteiger partial charge in [-0.2, -0.15) is 0 Å². The first-order valence-electron chi connectivity index (χ1n) is 5.42. The Morgan fingerprint density at radius 2 is 2.22 bits per heavy atom. The van der Waals surface area contributed by atoms with Crippen molar-refractivity contribution in [2.45, 2.75) is 13.8 Å². The van der Waals surface area contributed by atoms with Gasteiger partial charge in [-0.05, 0) is 25.1 Å². The first kappa shape index (κ1) is 12.1. The van der Waals surface area contributed by atoms with Gasteiger partial charge in [0.2, 0.25) is 11.8 Å². The Labute approximate surface area is 103 Å². The summed E-state index contributed by atoms with van der Waals surface area (Å²) in [6.45, 7) is 3.85. The van der Waals surface area contributed by atoms with Crippen LogP contribution in [0, 0.1) is 6.92 Å². The average molecular weight is 248 g/mol. The number of carboxylic acids is 1. The molecule has 0 bridgehead atoms. The summed E-state index contributed by atoms with van der Waals surface area (Å²) in [6.07, 6.45) is 0. The van der Waals surface area contributed by atoms with Gasteiger partial charge in [0.25, 0.3) is 0 Å². The summed E-state index contributed by atoms with van der Waals surface area (Å²) < 4.78 is 10.6. The lowest BCUT2D eigenvalue weighted by Gasteiger charge is -2.07. The van der Waals surface area contributed by atoms with Crippen molar-refractivity contribution >= 4 is 5.97 Å². The number of carbonyl (C=O) groups is 1. The van der Waals surface area contributed by atoms with Gasteiger partial charge in [0.1, 0.15) is 11.3 Å². The van der Waals surface area contributed by atoms with Gasteiger partial charge in [0.05, 0.1) is 6.61 Å². The molecule has 0 amide bonds. The van der Waals surface area contributed by atoms with Crippen molar-refractivity contribution in [3.8, 4) is 17.2 Å². The Hall–Kier alpha value is -2.37. The fourth-order valence-electron chi connectivity index (χ4n) is 1.52. The molecule has 1 heterocycles. The summed E-state index contributed by atoms with van der Waals surface area (Å²) in [5, 5.41) is 16.6. The zero-order valence-electron chi connectivity index (χ0n) is 10.0. The summed E-state index contributed by atoms with van der Waals surface area (Å²) in [7, 11) is 0. The van der Waals surface area contributed by atoms with E-state index < -0.39 is 5.97 Å². The van der Waals surface area contributed by atoms with Gasteiger partial charge in [0, 0.05) is 12.5 Å². The van der Waals surface area contributed by atoms with Gasteiger partial charge < -0.3 is 14.3 Å². The van der Waals surface area contributed by atoms with Gasteiger partial charge in [-0.25, -0.2) is 4.79 Å². The van der Waals surface area contributed by atoms with Crippen LogP contribution in [0.3, 0.4) is 0 Å². The highest BCUT2D eigenvalue weighted by molar-refractivity contribution is 5.91. The molecular weight excluding hydrogens is 236 g/mol. The molecule has 1 N–H and O–H groups in total. The van der Waals surface area contributed by atoms with Crippen LogP contribution in [0.15, 0.2) is 22.6 Å². The zero-order chi connectivity index (χ0) is 13.1. The van der Waals surface area contributed by atoms with Crippen LogP contribution in [-0.2, 0) is 0 Å². The third-order valence-corrected chi connectivity index (χ3v) is 2.28. The molecule has 1 aromatic heterocycles. The van der Waals surface area contributed by atoms with Crippen LogP contribution in [-0.4, -0.2) is 27.9 Å². The molecule has 0 atom stereocenters. The number of aromatic carboxylic acids is 1. The summed E-state index contributed by atoms with van der Waals surface area (Å²) in [5.74, 6) is 0.0423. The molecule has 6 heteroatoms. The predicted octanol–water partition coefficient (Wildman–Crippen LogP) is 2.14. The normalized spacial score (nSPS) is 10.3. The number of aromatic nitrogens is 2. The lowest BCUT2D eigenvalue weighted by molar-refractivity contribution is 0.0692. The van der Waals surface area contributed by atoms with Gasteiger partial charge in [-0.15, -0.1) is 10.2 Å². The van der Waals surface area contributed by atoms with E-state index in [9.17, 15) is 4.79 Å². The second-order valence-electron chi connectivity index (χ2n) is 3.58. The fourth-order valence-corrected chi connectivity index (χ4v) is 1.52. The minimum Gasteiger partial charge on any atom is -0.493 e. The number of benzene rings is 1. The minimum atomic E-state index is -1.04. The van der Waals surface area contributed by atoms with Crippen molar-refractivity contribution in [3.63, 3.8) is 0 Å². The van der Waals surface area contributed by atoms with E-state index in [1.165, 1.54) is 6.07 Å². The Kier molecular flexibility index (Phi) is 3.27. The number of ether oxygens (including phenoxy) is 1. The molecule has 0 aliphatic carbocycles. The molecule has 0 fully saturated rings. The lowest BCUT2D eigenvalue weighted by Crippen LogP contribution is -2.02. The quantitative estimate of drug-likeness (QED) is 0.892. The van der Waals surface area contributed by atoms with Crippen LogP contribution < -0.4 is 4.74 Å². The molecule has 0 unspecified atom stereocenters. The number of aryl methyl sites for hydroxylation is 1. The minimum absolute atomic E-state index is 0.108. The topological polar surface area (TPSA) is 85.5 Å². The number of nitrogens with zero attached hydrogens (tertiary/aromatic N) is 2. The van der Waals surface area contributed by atoms with Crippen LogP contribution >= 0.6 is 0 Å². The van der Waals surface area contributed by atoms with Crippen LogP contribution in [0.1, 0.15) is 23.2 Å². The van der Waals surface area contributed by atoms with Crippen molar-refractivity contribution in [1.82, 2.24) is 10.2 Å². The molecule has 94 valence electrons. The number of hydrogen-bond donors (Lipinski definition) is 1. The van der Waals surface area contributed by atoms with Crippen molar-refractivity contribution in [1.29, 1.82) is 0 Å². The molecule has 2 rings (SSSR count). The first-order valence-corrected chi connectivity index (χ1v) is 5.42. The summed E-state index contributed by atoms with van der Waals surface area (Å²) in [5.41, 5.74) is 0.737. The van der Waals surface area contributed by atoms with Gasteiger partial charge in [-0.3, -0.25) is 0 Å². The maximum atomic E-state index is 11.0. The highest BCUT2D eigenvalue weighted by atomic mass is 16.5. The molecule has 6 nitrogen and oxygen atoms in total. The Bertz CT molecular complexity index is 577. The standard InChI is InChI=1S/C12H12N2O4/c1-3-17-10-6-8(4-5-9(10)12(15)16)11-14-13-7(2)18-11/h4-6H,3H2,1-2H3,(H,15,16). The molecule has 1 aromatic carbocycles. The lowest BCUT2D eigenvalue weighted by atomic mass is 10.1. The number of carboxylic acid groups (broad SMARTS) is 1. The summed E-state index contributed by atoms with van der Waals surface area (Å²) >= 11 is 0. The maximum absolute atomic E-state index is 11.0. The molecule has 2 aromatic rings. The second kappa shape index (κ2) is 4.87. The molecule has 0 aliphatic rings. The highest BCUT2D eigenvalue weighted by Gasteiger charge is 2.14. The van der Waals surface area contributed by atoms with Crippen LogP contribution in [0.4, 0.5) is 0 Å². The monoisotopic (exact) mass is 248 g/mol. The van der Waals surface area contributed by atoms with Crippen molar-refractivity contribution in [2.24, 2.45) is 0 Å². The third-order valence-electron chi connectivity index (χ3n) is 2.28. The summed E-state index contributed by atoms with van der Waals surface area (Å²) in [6, 6.07) is 4.65. The van der Waals surface area contributed by atoms with Gasteiger partial charge in [-0.1, -0.05) is 0 Å². The van der Waals surface area contributed by atoms with Gasteiger partial charge in [0.15, 0.2) is 0 Å². The molecular formula is C12H12N2O4. The van der Waals surface area contributed by atoms with Crippen LogP contribution in [0.5, 0.6) is 5.75 Å². The second-order valence-corrected chi connectivity index (χ2v) is 3.58. The number of rotatable bonds is 4. The first-order chi connectivity index (χ1) is 8.61. The van der Waals surface area contributed by atoms with Crippen molar-refractivity contribution in [2.75, 3.05) is 6.61 Å². The van der Waals surface area contributed by atoms with E-state index in [-0.39, 0.29) is 5.56 Å². The van der Waals surface area contributed by atoms with E-state index in [4.69, 9.17) is 14.3 Å². The maximum Gasteiger partial charge on any atom is 0.339 e. The van der Waals surface area contributed by atoms with E-state index in [0.29, 0.717) is 29.7 Å². The van der Waals surface area contributed by atoms with Crippen molar-refractivity contribution < 1.29 is 19.1 Å². The molecule has 0 spiro atoms. The summed E-state index contributed by atoms with van der Waals surface area (Å²) in [4.78, 5) is 11.0. The van der Waals surface area contributed by atoms with Crippen LogP contribution in [0.2, 0.25) is 0 Å². The molecule has 0 radical (unpaired) electrons.